The number of hydrogen-bond acceptors (Lipinski definition) is 1. The van der Waals surface area contributed by atoms with E-state index in [0.717, 1.165) is 5.57 Å². The SMILES string of the molecule is C=CC(C)(C)CC(O)/C=C/C(=C)C. The molecule has 1 atom stereocenters. The van der Waals surface area contributed by atoms with Crippen LogP contribution in [0.3, 0.4) is 0 Å². The van der Waals surface area contributed by atoms with Gasteiger partial charge in [-0.1, -0.05) is 44.2 Å². The molecule has 0 aromatic rings. The van der Waals surface area contributed by atoms with E-state index in [-0.39, 0.29) is 5.41 Å². The lowest BCUT2D eigenvalue weighted by Gasteiger charge is -2.21. The first-order chi connectivity index (χ1) is 5.87. The van der Waals surface area contributed by atoms with Gasteiger partial charge in [0.25, 0.3) is 0 Å². The normalized spacial score (nSPS) is 14.5. The summed E-state index contributed by atoms with van der Waals surface area (Å²) in [6, 6.07) is 0. The van der Waals surface area contributed by atoms with E-state index < -0.39 is 6.10 Å². The van der Waals surface area contributed by atoms with Gasteiger partial charge in [0.2, 0.25) is 0 Å². The zero-order valence-corrected chi connectivity index (χ0v) is 8.88. The van der Waals surface area contributed by atoms with Crippen molar-refractivity contribution in [2.75, 3.05) is 0 Å². The van der Waals surface area contributed by atoms with Crippen LogP contribution in [0.4, 0.5) is 0 Å². The Morgan fingerprint density at radius 3 is 2.46 bits per heavy atom. The maximum Gasteiger partial charge on any atom is 0.0732 e. The molecule has 0 aliphatic heterocycles. The molecule has 0 fully saturated rings. The molecule has 0 aromatic carbocycles. The third kappa shape index (κ3) is 6.35. The fourth-order valence-electron chi connectivity index (χ4n) is 0.966. The molecule has 0 amide bonds. The Morgan fingerprint density at radius 1 is 1.54 bits per heavy atom. The average Bonchev–Trinajstić information content (AvgIpc) is 2.00. The molecule has 1 nitrogen and oxygen atoms in total. The van der Waals surface area contributed by atoms with Gasteiger partial charge in [-0.3, -0.25) is 0 Å². The van der Waals surface area contributed by atoms with Gasteiger partial charge < -0.3 is 5.11 Å². The van der Waals surface area contributed by atoms with Gasteiger partial charge >= 0.3 is 0 Å². The Balaban J connectivity index is 4.08. The maximum absolute atomic E-state index is 9.59. The third-order valence-corrected chi connectivity index (χ3v) is 1.89. The first-order valence-corrected chi connectivity index (χ1v) is 4.53. The van der Waals surface area contributed by atoms with E-state index in [1.807, 2.05) is 19.1 Å². The topological polar surface area (TPSA) is 20.2 Å². The van der Waals surface area contributed by atoms with Gasteiger partial charge in [-0.25, -0.2) is 0 Å². The lowest BCUT2D eigenvalue weighted by atomic mass is 9.87. The summed E-state index contributed by atoms with van der Waals surface area (Å²) in [6.45, 7) is 13.5. The summed E-state index contributed by atoms with van der Waals surface area (Å²) >= 11 is 0. The van der Waals surface area contributed by atoms with Gasteiger partial charge in [0.05, 0.1) is 6.10 Å². The Morgan fingerprint density at radius 2 is 2.08 bits per heavy atom. The predicted octanol–water partition coefficient (Wildman–Crippen LogP) is 3.08. The van der Waals surface area contributed by atoms with Crippen molar-refractivity contribution in [2.24, 2.45) is 5.41 Å². The summed E-state index contributed by atoms with van der Waals surface area (Å²) in [5.41, 5.74) is 0.939. The van der Waals surface area contributed by atoms with E-state index in [0.29, 0.717) is 6.42 Å². The Bertz CT molecular complexity index is 211. The summed E-state index contributed by atoms with van der Waals surface area (Å²) in [6.07, 6.45) is 5.76. The molecule has 0 radical (unpaired) electrons. The highest BCUT2D eigenvalue weighted by Gasteiger charge is 2.16. The fourth-order valence-corrected chi connectivity index (χ4v) is 0.966. The molecule has 0 spiro atoms. The number of rotatable bonds is 5. The standard InChI is InChI=1S/C12H20O/c1-6-12(4,5)9-11(13)8-7-10(2)3/h6-8,11,13H,1-2,9H2,3-5H3/b8-7+. The number of hydrogen-bond donors (Lipinski definition) is 1. The van der Waals surface area contributed by atoms with E-state index in [9.17, 15) is 5.11 Å². The Hall–Kier alpha value is -0.820. The molecular weight excluding hydrogens is 160 g/mol. The second-order valence-corrected chi connectivity index (χ2v) is 4.17. The summed E-state index contributed by atoms with van der Waals surface area (Å²) < 4.78 is 0. The Labute approximate surface area is 81.5 Å². The van der Waals surface area contributed by atoms with E-state index in [2.05, 4.69) is 27.0 Å². The molecule has 0 bridgehead atoms. The van der Waals surface area contributed by atoms with Crippen molar-refractivity contribution in [1.29, 1.82) is 0 Å². The van der Waals surface area contributed by atoms with Crippen LogP contribution in [-0.2, 0) is 0 Å². The van der Waals surface area contributed by atoms with E-state index >= 15 is 0 Å². The first-order valence-electron chi connectivity index (χ1n) is 4.53. The second kappa shape index (κ2) is 5.03. The summed E-state index contributed by atoms with van der Waals surface area (Å²) in [7, 11) is 0. The van der Waals surface area contributed by atoms with E-state index in [4.69, 9.17) is 0 Å². The van der Waals surface area contributed by atoms with E-state index in [1.54, 1.807) is 6.08 Å². The number of aliphatic hydroxyl groups is 1. The van der Waals surface area contributed by atoms with Crippen molar-refractivity contribution >= 4 is 0 Å². The largest absolute Gasteiger partial charge is 0.389 e. The summed E-state index contributed by atoms with van der Waals surface area (Å²) in [5.74, 6) is 0. The molecular formula is C12H20O. The molecule has 1 unspecified atom stereocenters. The maximum atomic E-state index is 9.59. The van der Waals surface area contributed by atoms with Gasteiger partial charge in [0.15, 0.2) is 0 Å². The third-order valence-electron chi connectivity index (χ3n) is 1.89. The molecule has 0 rings (SSSR count). The summed E-state index contributed by atoms with van der Waals surface area (Å²) in [4.78, 5) is 0. The minimum atomic E-state index is -0.412. The minimum absolute atomic E-state index is 0.0150. The molecule has 0 saturated heterocycles. The molecule has 0 saturated carbocycles. The van der Waals surface area contributed by atoms with Crippen LogP contribution >= 0.6 is 0 Å². The fraction of sp³-hybridized carbons (Fsp3) is 0.500. The lowest BCUT2D eigenvalue weighted by molar-refractivity contribution is 0.174. The highest BCUT2D eigenvalue weighted by atomic mass is 16.3. The van der Waals surface area contributed by atoms with Crippen molar-refractivity contribution in [1.82, 2.24) is 0 Å². The molecule has 0 aliphatic carbocycles. The highest BCUT2D eigenvalue weighted by Crippen LogP contribution is 2.23. The van der Waals surface area contributed by atoms with Crippen molar-refractivity contribution in [3.8, 4) is 0 Å². The van der Waals surface area contributed by atoms with Gasteiger partial charge in [0, 0.05) is 0 Å². The molecule has 0 aromatic heterocycles. The Kier molecular flexibility index (Phi) is 4.71. The smallest absolute Gasteiger partial charge is 0.0732 e. The summed E-state index contributed by atoms with van der Waals surface area (Å²) in [5, 5.41) is 9.59. The molecule has 74 valence electrons. The predicted molar refractivity (Wildman–Crippen MR) is 58.6 cm³/mol. The zero-order chi connectivity index (χ0) is 10.5. The molecule has 1 N–H and O–H groups in total. The van der Waals surface area contributed by atoms with Crippen LogP contribution in [0.15, 0.2) is 37.0 Å². The van der Waals surface area contributed by atoms with Gasteiger partial charge in [-0.05, 0) is 18.8 Å². The number of allylic oxidation sites excluding steroid dienone is 3. The van der Waals surface area contributed by atoms with Crippen LogP contribution in [0, 0.1) is 5.41 Å². The highest BCUT2D eigenvalue weighted by molar-refractivity contribution is 5.12. The van der Waals surface area contributed by atoms with Gasteiger partial charge in [0.1, 0.15) is 0 Å². The van der Waals surface area contributed by atoms with Gasteiger partial charge in [-0.15, -0.1) is 6.58 Å². The van der Waals surface area contributed by atoms with Crippen molar-refractivity contribution in [2.45, 2.75) is 33.3 Å². The average molecular weight is 180 g/mol. The molecule has 13 heavy (non-hydrogen) atoms. The lowest BCUT2D eigenvalue weighted by Crippen LogP contribution is -2.16. The van der Waals surface area contributed by atoms with Crippen LogP contribution in [0.2, 0.25) is 0 Å². The van der Waals surface area contributed by atoms with Crippen LogP contribution in [0.1, 0.15) is 27.2 Å². The minimum Gasteiger partial charge on any atom is -0.389 e. The van der Waals surface area contributed by atoms with Crippen LogP contribution in [-0.4, -0.2) is 11.2 Å². The quantitative estimate of drug-likeness (QED) is 0.509. The molecule has 0 aliphatic rings. The molecule has 1 heteroatoms. The van der Waals surface area contributed by atoms with Crippen LogP contribution in [0.25, 0.3) is 0 Å². The monoisotopic (exact) mass is 180 g/mol. The molecule has 0 heterocycles. The number of aliphatic hydroxyl groups excluding tert-OH is 1. The van der Waals surface area contributed by atoms with Crippen LogP contribution in [0.5, 0.6) is 0 Å². The van der Waals surface area contributed by atoms with E-state index in [1.165, 1.54) is 0 Å². The van der Waals surface area contributed by atoms with Gasteiger partial charge in [-0.2, -0.15) is 0 Å². The zero-order valence-electron chi connectivity index (χ0n) is 8.88. The van der Waals surface area contributed by atoms with Crippen molar-refractivity contribution in [3.05, 3.63) is 37.0 Å². The first kappa shape index (κ1) is 12.2. The van der Waals surface area contributed by atoms with Crippen LogP contribution < -0.4 is 0 Å². The van der Waals surface area contributed by atoms with Crippen molar-refractivity contribution in [3.63, 3.8) is 0 Å². The second-order valence-electron chi connectivity index (χ2n) is 4.17. The van der Waals surface area contributed by atoms with Crippen molar-refractivity contribution < 1.29 is 5.11 Å².